The molecule has 2 aromatic rings. The van der Waals surface area contributed by atoms with Crippen molar-refractivity contribution in [3.63, 3.8) is 0 Å². The zero-order valence-corrected chi connectivity index (χ0v) is 12.8. The van der Waals surface area contributed by atoms with E-state index in [1.807, 2.05) is 18.2 Å². The van der Waals surface area contributed by atoms with Gasteiger partial charge in [0, 0.05) is 19.3 Å². The average molecular weight is 287 g/mol. The summed E-state index contributed by atoms with van der Waals surface area (Å²) in [7, 11) is 1.80. The summed E-state index contributed by atoms with van der Waals surface area (Å²) in [6.45, 7) is 5.97. The number of ether oxygens (including phenoxy) is 1. The highest BCUT2D eigenvalue weighted by Gasteiger charge is 2.16. The lowest BCUT2D eigenvalue weighted by Crippen LogP contribution is -2.30. The molecule has 1 aromatic heterocycles. The molecule has 0 aliphatic rings. The first kappa shape index (κ1) is 15.1. The van der Waals surface area contributed by atoms with Gasteiger partial charge in [-0.05, 0) is 30.5 Å². The molecular formula is C16H21N3O2. The molecule has 1 amide bonds. The molecule has 0 fully saturated rings. The Morgan fingerprint density at radius 1 is 1.29 bits per heavy atom. The number of amides is 1. The van der Waals surface area contributed by atoms with E-state index >= 15 is 0 Å². The van der Waals surface area contributed by atoms with Gasteiger partial charge in [-0.1, -0.05) is 26.0 Å². The predicted octanol–water partition coefficient (Wildman–Crippen LogP) is 2.95. The van der Waals surface area contributed by atoms with Gasteiger partial charge in [-0.3, -0.25) is 9.48 Å². The molecule has 1 heterocycles. The van der Waals surface area contributed by atoms with Crippen molar-refractivity contribution in [2.45, 2.75) is 32.8 Å². The Morgan fingerprint density at radius 2 is 2.05 bits per heavy atom. The molecule has 5 heteroatoms. The van der Waals surface area contributed by atoms with Crippen molar-refractivity contribution in [2.75, 3.05) is 5.32 Å². The van der Waals surface area contributed by atoms with Crippen molar-refractivity contribution in [2.24, 2.45) is 7.05 Å². The Kier molecular flexibility index (Phi) is 4.62. The molecule has 5 nitrogen and oxygen atoms in total. The van der Waals surface area contributed by atoms with Crippen molar-refractivity contribution in [1.29, 1.82) is 0 Å². The molecular weight excluding hydrogens is 266 g/mol. The van der Waals surface area contributed by atoms with Gasteiger partial charge in [-0.15, -0.1) is 0 Å². The Bertz CT molecular complexity index is 619. The van der Waals surface area contributed by atoms with E-state index in [1.54, 1.807) is 30.9 Å². The van der Waals surface area contributed by atoms with Crippen LogP contribution in [0, 0.1) is 0 Å². The summed E-state index contributed by atoms with van der Waals surface area (Å²) in [6.07, 6.45) is 1.18. The van der Waals surface area contributed by atoms with Gasteiger partial charge in [-0.2, -0.15) is 5.10 Å². The van der Waals surface area contributed by atoms with Gasteiger partial charge in [0.05, 0.1) is 0 Å². The second-order valence-corrected chi connectivity index (χ2v) is 5.35. The molecule has 0 aliphatic heterocycles. The predicted molar refractivity (Wildman–Crippen MR) is 82.5 cm³/mol. The van der Waals surface area contributed by atoms with E-state index in [-0.39, 0.29) is 5.91 Å². The molecule has 1 atom stereocenters. The van der Waals surface area contributed by atoms with E-state index in [9.17, 15) is 4.79 Å². The lowest BCUT2D eigenvalue weighted by Gasteiger charge is -2.15. The monoisotopic (exact) mass is 287 g/mol. The van der Waals surface area contributed by atoms with E-state index in [1.165, 1.54) is 5.56 Å². The first-order valence-corrected chi connectivity index (χ1v) is 7.03. The summed E-state index contributed by atoms with van der Waals surface area (Å²) in [6, 6.07) is 9.56. The maximum Gasteiger partial charge on any atom is 0.266 e. The van der Waals surface area contributed by atoms with Crippen molar-refractivity contribution in [1.82, 2.24) is 9.78 Å². The number of nitrogens with zero attached hydrogens (tertiary/aromatic N) is 2. The van der Waals surface area contributed by atoms with Crippen LogP contribution in [0.25, 0.3) is 0 Å². The van der Waals surface area contributed by atoms with Gasteiger partial charge < -0.3 is 10.1 Å². The topological polar surface area (TPSA) is 56.1 Å². The highest BCUT2D eigenvalue weighted by atomic mass is 16.5. The molecule has 112 valence electrons. The van der Waals surface area contributed by atoms with Crippen LogP contribution in [0.5, 0.6) is 5.75 Å². The van der Waals surface area contributed by atoms with Crippen LogP contribution in [-0.2, 0) is 11.8 Å². The number of carbonyl (C=O) groups excluding carboxylic acids is 1. The first-order valence-electron chi connectivity index (χ1n) is 7.03. The number of benzene rings is 1. The Balaban J connectivity index is 1.98. The van der Waals surface area contributed by atoms with E-state index in [2.05, 4.69) is 30.3 Å². The largest absolute Gasteiger partial charge is 0.481 e. The number of aryl methyl sites for hydroxylation is 1. The number of anilines is 1. The van der Waals surface area contributed by atoms with Crippen molar-refractivity contribution < 1.29 is 9.53 Å². The zero-order chi connectivity index (χ0) is 15.4. The van der Waals surface area contributed by atoms with Gasteiger partial charge >= 0.3 is 0 Å². The third-order valence-electron chi connectivity index (χ3n) is 3.17. The van der Waals surface area contributed by atoms with Crippen LogP contribution in [0.3, 0.4) is 0 Å². The fourth-order valence-corrected chi connectivity index (χ4v) is 1.91. The third-order valence-corrected chi connectivity index (χ3v) is 3.17. The van der Waals surface area contributed by atoms with Crippen LogP contribution in [0.15, 0.2) is 36.5 Å². The molecule has 1 aromatic carbocycles. The van der Waals surface area contributed by atoms with E-state index in [0.717, 1.165) is 0 Å². The fraction of sp³-hybridized carbons (Fsp3) is 0.375. The molecule has 0 aliphatic carbocycles. The first-order chi connectivity index (χ1) is 9.95. The SMILES string of the molecule is CC(Oc1cccc(C(C)C)c1)C(=O)Nc1ccn(C)n1. The van der Waals surface area contributed by atoms with Crippen LogP contribution >= 0.6 is 0 Å². The summed E-state index contributed by atoms with van der Waals surface area (Å²) >= 11 is 0. The van der Waals surface area contributed by atoms with Crippen molar-refractivity contribution in [3.05, 3.63) is 42.1 Å². The van der Waals surface area contributed by atoms with Crippen LogP contribution in [0.1, 0.15) is 32.3 Å². The number of nitrogens with one attached hydrogen (secondary N) is 1. The summed E-state index contributed by atoms with van der Waals surface area (Å²) in [4.78, 5) is 12.1. The smallest absolute Gasteiger partial charge is 0.266 e. The van der Waals surface area contributed by atoms with Crippen LogP contribution in [0.4, 0.5) is 5.82 Å². The second kappa shape index (κ2) is 6.43. The minimum Gasteiger partial charge on any atom is -0.481 e. The van der Waals surface area contributed by atoms with Crippen LogP contribution in [-0.4, -0.2) is 21.8 Å². The quantitative estimate of drug-likeness (QED) is 0.920. The summed E-state index contributed by atoms with van der Waals surface area (Å²) in [5.41, 5.74) is 1.19. The van der Waals surface area contributed by atoms with Crippen molar-refractivity contribution >= 4 is 11.7 Å². The molecule has 21 heavy (non-hydrogen) atoms. The maximum absolute atomic E-state index is 12.1. The minimum absolute atomic E-state index is 0.219. The zero-order valence-electron chi connectivity index (χ0n) is 12.8. The van der Waals surface area contributed by atoms with Gasteiger partial charge in [0.2, 0.25) is 0 Å². The van der Waals surface area contributed by atoms with Crippen molar-refractivity contribution in [3.8, 4) is 5.75 Å². The molecule has 0 bridgehead atoms. The number of hydrogen-bond donors (Lipinski definition) is 1. The lowest BCUT2D eigenvalue weighted by molar-refractivity contribution is -0.122. The second-order valence-electron chi connectivity index (χ2n) is 5.35. The molecule has 1 N–H and O–H groups in total. The van der Waals surface area contributed by atoms with Gasteiger partial charge in [0.25, 0.3) is 5.91 Å². The fourth-order valence-electron chi connectivity index (χ4n) is 1.91. The van der Waals surface area contributed by atoms with Gasteiger partial charge in [-0.25, -0.2) is 0 Å². The number of rotatable bonds is 5. The number of carbonyl (C=O) groups is 1. The highest BCUT2D eigenvalue weighted by Crippen LogP contribution is 2.21. The number of aromatic nitrogens is 2. The third kappa shape index (κ3) is 4.08. The van der Waals surface area contributed by atoms with E-state index in [0.29, 0.717) is 17.5 Å². The standard InChI is InChI=1S/C16H21N3O2/c1-11(2)13-6-5-7-14(10-13)21-12(3)16(20)17-15-8-9-19(4)18-15/h5-12H,1-4H3,(H,17,18,20). The Labute approximate surface area is 124 Å². The molecule has 1 unspecified atom stereocenters. The molecule has 2 rings (SSSR count). The normalized spacial score (nSPS) is 12.2. The summed E-state index contributed by atoms with van der Waals surface area (Å²) < 4.78 is 7.33. The van der Waals surface area contributed by atoms with Gasteiger partial charge in [0.1, 0.15) is 5.75 Å². The van der Waals surface area contributed by atoms with E-state index < -0.39 is 6.10 Å². The minimum atomic E-state index is -0.589. The lowest BCUT2D eigenvalue weighted by atomic mass is 10.0. The Morgan fingerprint density at radius 3 is 2.67 bits per heavy atom. The van der Waals surface area contributed by atoms with E-state index in [4.69, 9.17) is 4.74 Å². The van der Waals surface area contributed by atoms with Crippen LogP contribution in [0.2, 0.25) is 0 Å². The highest BCUT2D eigenvalue weighted by molar-refractivity contribution is 5.93. The summed E-state index contributed by atoms with van der Waals surface area (Å²) in [5, 5.41) is 6.83. The van der Waals surface area contributed by atoms with Gasteiger partial charge in [0.15, 0.2) is 11.9 Å². The average Bonchev–Trinajstić information content (AvgIpc) is 2.84. The number of hydrogen-bond acceptors (Lipinski definition) is 3. The molecule has 0 saturated carbocycles. The van der Waals surface area contributed by atoms with Crippen LogP contribution < -0.4 is 10.1 Å². The maximum atomic E-state index is 12.1. The molecule has 0 radical (unpaired) electrons. The molecule has 0 saturated heterocycles. The summed E-state index contributed by atoms with van der Waals surface area (Å²) in [5.74, 6) is 1.42. The Hall–Kier alpha value is -2.30. The molecule has 0 spiro atoms.